The summed E-state index contributed by atoms with van der Waals surface area (Å²) in [4.78, 5) is 29.6. The number of sulfonamides is 1. The van der Waals surface area contributed by atoms with Gasteiger partial charge in [-0.1, -0.05) is 60.1 Å². The Morgan fingerprint density at radius 1 is 1.08 bits per heavy atom. The highest BCUT2D eigenvalue weighted by molar-refractivity contribution is 7.91. The maximum atomic E-state index is 13.4. The van der Waals surface area contributed by atoms with Gasteiger partial charge in [-0.25, -0.2) is 13.4 Å². The number of anilines is 1. The number of carbonyl (C=O) groups is 2. The van der Waals surface area contributed by atoms with E-state index in [1.54, 1.807) is 29.0 Å². The second-order valence-corrected chi connectivity index (χ2v) is 12.8. The number of thiazole rings is 1. The number of nitrogens with one attached hydrogen (secondary N) is 1. The molecule has 4 aromatic rings. The predicted molar refractivity (Wildman–Crippen MR) is 148 cm³/mol. The lowest BCUT2D eigenvalue weighted by atomic mass is 9.92. The molecule has 38 heavy (non-hydrogen) atoms. The Morgan fingerprint density at radius 3 is 2.66 bits per heavy atom. The van der Waals surface area contributed by atoms with E-state index in [2.05, 4.69) is 10.3 Å². The molecular weight excluding hydrogens is 566 g/mol. The van der Waals surface area contributed by atoms with E-state index in [4.69, 9.17) is 16.3 Å². The van der Waals surface area contributed by atoms with E-state index in [0.29, 0.717) is 22.3 Å². The summed E-state index contributed by atoms with van der Waals surface area (Å²) < 4.78 is 33.5. The van der Waals surface area contributed by atoms with Gasteiger partial charge >= 0.3 is 5.97 Å². The number of amides is 1. The number of fused-ring (bicyclic) bond motifs is 1. The van der Waals surface area contributed by atoms with Gasteiger partial charge in [-0.15, -0.1) is 22.7 Å². The summed E-state index contributed by atoms with van der Waals surface area (Å²) in [6.07, 6.45) is 0.321. The zero-order chi connectivity index (χ0) is 26.7. The molecule has 12 heteroatoms. The highest BCUT2D eigenvalue weighted by Crippen LogP contribution is 2.37. The van der Waals surface area contributed by atoms with Crippen LogP contribution in [0.15, 0.2) is 75.6 Å². The summed E-state index contributed by atoms with van der Waals surface area (Å²) in [7, 11) is -3.80. The molecule has 3 heterocycles. The van der Waals surface area contributed by atoms with E-state index >= 15 is 0 Å². The Bertz CT molecular complexity index is 1570. The monoisotopic (exact) mass is 587 g/mol. The van der Waals surface area contributed by atoms with E-state index in [1.165, 1.54) is 15.6 Å². The number of carbonyl (C=O) groups excluding carboxylic acids is 2. The standard InChI is InChI=1S/C26H22ClN3O5S3/c27-20-9-4-3-8-19(20)21-16-37-26(28-21)29-23(31)15-35-24(32)14-22-18-7-2-1-6-17(18)11-12-30(22)38(33,34)25-10-5-13-36-25/h1-10,13,16,22H,11-12,14-15H2,(H,28,29,31). The molecule has 0 radical (unpaired) electrons. The Kier molecular flexibility index (Phi) is 7.91. The number of halogens is 1. The van der Waals surface area contributed by atoms with Crippen LogP contribution in [0.3, 0.4) is 0 Å². The van der Waals surface area contributed by atoms with E-state index in [0.717, 1.165) is 28.0 Å². The summed E-state index contributed by atoms with van der Waals surface area (Å²) in [6, 6.07) is 17.2. The lowest BCUT2D eigenvalue weighted by molar-refractivity contribution is -0.148. The van der Waals surface area contributed by atoms with Crippen LogP contribution in [-0.2, 0) is 30.8 Å². The molecule has 1 atom stereocenters. The van der Waals surface area contributed by atoms with Crippen molar-refractivity contribution in [1.29, 1.82) is 0 Å². The van der Waals surface area contributed by atoms with Crippen molar-refractivity contribution < 1.29 is 22.7 Å². The van der Waals surface area contributed by atoms with Crippen LogP contribution in [0.1, 0.15) is 23.6 Å². The Hall–Kier alpha value is -3.09. The second kappa shape index (κ2) is 11.3. The average Bonchev–Trinajstić information content (AvgIpc) is 3.61. The minimum absolute atomic E-state index is 0.217. The van der Waals surface area contributed by atoms with Crippen molar-refractivity contribution in [2.75, 3.05) is 18.5 Å². The number of esters is 1. The Morgan fingerprint density at radius 2 is 1.87 bits per heavy atom. The molecule has 0 bridgehead atoms. The number of benzene rings is 2. The molecule has 0 aliphatic carbocycles. The summed E-state index contributed by atoms with van der Waals surface area (Å²) in [6.45, 7) is -0.278. The van der Waals surface area contributed by atoms with Gasteiger partial charge in [0, 0.05) is 22.5 Å². The molecule has 1 aliphatic rings. The second-order valence-electron chi connectivity index (χ2n) is 8.44. The molecule has 1 amide bonds. The largest absolute Gasteiger partial charge is 0.456 e. The van der Waals surface area contributed by atoms with Gasteiger partial charge in [-0.2, -0.15) is 4.31 Å². The van der Waals surface area contributed by atoms with Crippen LogP contribution in [0, 0.1) is 0 Å². The molecule has 0 fully saturated rings. The predicted octanol–water partition coefficient (Wildman–Crippen LogP) is 5.39. The molecule has 0 spiro atoms. The number of rotatable bonds is 8. The van der Waals surface area contributed by atoms with E-state index in [1.807, 2.05) is 42.5 Å². The third-order valence-corrected chi connectivity index (χ3v) is 10.4. The lowest BCUT2D eigenvalue weighted by Gasteiger charge is -2.35. The fourth-order valence-electron chi connectivity index (χ4n) is 4.30. The van der Waals surface area contributed by atoms with Gasteiger partial charge in [-0.05, 0) is 35.1 Å². The van der Waals surface area contributed by atoms with E-state index in [9.17, 15) is 18.0 Å². The van der Waals surface area contributed by atoms with Gasteiger partial charge < -0.3 is 4.74 Å². The fourth-order valence-corrected chi connectivity index (χ4v) is 7.98. The topological polar surface area (TPSA) is 106 Å². The zero-order valence-corrected chi connectivity index (χ0v) is 23.1. The van der Waals surface area contributed by atoms with Gasteiger partial charge in [0.2, 0.25) is 0 Å². The Balaban J connectivity index is 1.24. The highest BCUT2D eigenvalue weighted by atomic mass is 35.5. The van der Waals surface area contributed by atoms with Crippen LogP contribution in [-0.4, -0.2) is 42.7 Å². The fraction of sp³-hybridized carbons (Fsp3) is 0.192. The van der Waals surface area contributed by atoms with Crippen LogP contribution in [0.2, 0.25) is 5.02 Å². The first-order valence-corrected chi connectivity index (χ1v) is 15.2. The van der Waals surface area contributed by atoms with Crippen molar-refractivity contribution in [2.24, 2.45) is 0 Å². The van der Waals surface area contributed by atoms with Crippen LogP contribution < -0.4 is 5.32 Å². The maximum absolute atomic E-state index is 13.4. The molecule has 196 valence electrons. The summed E-state index contributed by atoms with van der Waals surface area (Å²) in [5, 5.41) is 6.98. The number of ether oxygens (including phenoxy) is 1. The Labute approximate surface area is 232 Å². The summed E-state index contributed by atoms with van der Waals surface area (Å²) in [5.41, 5.74) is 3.11. The smallest absolute Gasteiger partial charge is 0.308 e. The normalized spacial score (nSPS) is 15.6. The molecule has 1 aliphatic heterocycles. The molecular formula is C26H22ClN3O5S3. The van der Waals surface area contributed by atoms with Crippen LogP contribution >= 0.6 is 34.3 Å². The molecule has 0 saturated carbocycles. The molecule has 2 aromatic heterocycles. The first-order valence-electron chi connectivity index (χ1n) is 11.6. The van der Waals surface area contributed by atoms with Gasteiger partial charge in [0.25, 0.3) is 15.9 Å². The molecule has 0 saturated heterocycles. The minimum atomic E-state index is -3.80. The lowest BCUT2D eigenvalue weighted by Crippen LogP contribution is -2.41. The molecule has 1 unspecified atom stereocenters. The van der Waals surface area contributed by atoms with Crippen molar-refractivity contribution in [3.63, 3.8) is 0 Å². The number of hydrogen-bond acceptors (Lipinski definition) is 8. The summed E-state index contributed by atoms with van der Waals surface area (Å²) in [5.74, 6) is -1.23. The van der Waals surface area contributed by atoms with Gasteiger partial charge in [0.1, 0.15) is 4.21 Å². The van der Waals surface area contributed by atoms with Gasteiger partial charge in [0.15, 0.2) is 11.7 Å². The third-order valence-electron chi connectivity index (χ3n) is 6.05. The number of thiophene rings is 1. The number of hydrogen-bond donors (Lipinski definition) is 1. The van der Waals surface area contributed by atoms with Crippen LogP contribution in [0.25, 0.3) is 11.3 Å². The average molecular weight is 588 g/mol. The van der Waals surface area contributed by atoms with E-state index < -0.39 is 34.5 Å². The van der Waals surface area contributed by atoms with Crippen molar-refractivity contribution in [3.05, 3.63) is 87.6 Å². The van der Waals surface area contributed by atoms with Crippen molar-refractivity contribution in [1.82, 2.24) is 9.29 Å². The molecule has 8 nitrogen and oxygen atoms in total. The van der Waals surface area contributed by atoms with Crippen LogP contribution in [0.4, 0.5) is 5.13 Å². The third kappa shape index (κ3) is 5.67. The summed E-state index contributed by atoms with van der Waals surface area (Å²) >= 11 is 8.57. The first kappa shape index (κ1) is 26.5. The molecule has 2 aromatic carbocycles. The van der Waals surface area contributed by atoms with Gasteiger partial charge in [-0.3, -0.25) is 14.9 Å². The zero-order valence-electron chi connectivity index (χ0n) is 19.9. The van der Waals surface area contributed by atoms with Gasteiger partial charge in [0.05, 0.1) is 18.2 Å². The quantitative estimate of drug-likeness (QED) is 0.277. The number of nitrogens with zero attached hydrogens (tertiary/aromatic N) is 2. The molecule has 1 N–H and O–H groups in total. The number of aromatic nitrogens is 1. The van der Waals surface area contributed by atoms with Crippen molar-refractivity contribution in [3.8, 4) is 11.3 Å². The molecule has 5 rings (SSSR count). The van der Waals surface area contributed by atoms with E-state index in [-0.39, 0.29) is 17.2 Å². The van der Waals surface area contributed by atoms with Crippen molar-refractivity contribution >= 4 is 61.3 Å². The minimum Gasteiger partial charge on any atom is -0.456 e. The maximum Gasteiger partial charge on any atom is 0.308 e. The SMILES string of the molecule is O=C(COC(=O)CC1c2ccccc2CCN1S(=O)(=O)c1cccs1)Nc1nc(-c2ccccc2Cl)cs1. The highest BCUT2D eigenvalue weighted by Gasteiger charge is 2.38. The van der Waals surface area contributed by atoms with Crippen molar-refractivity contribution in [2.45, 2.75) is 23.1 Å². The van der Waals surface area contributed by atoms with Crippen LogP contribution in [0.5, 0.6) is 0 Å². The first-order chi connectivity index (χ1) is 18.3.